The van der Waals surface area contributed by atoms with Gasteiger partial charge in [0.25, 0.3) is 0 Å². The minimum atomic E-state index is 0.187. The van der Waals surface area contributed by atoms with Crippen LogP contribution >= 0.6 is 0 Å². The first-order valence-electron chi connectivity index (χ1n) is 6.18. The summed E-state index contributed by atoms with van der Waals surface area (Å²) >= 11 is 0. The van der Waals surface area contributed by atoms with Gasteiger partial charge in [-0.2, -0.15) is 0 Å². The minimum absolute atomic E-state index is 0.187. The Morgan fingerprint density at radius 3 is 2.71 bits per heavy atom. The number of methoxy groups -OCH3 is 1. The van der Waals surface area contributed by atoms with Gasteiger partial charge in [-0.3, -0.25) is 0 Å². The molecule has 1 unspecified atom stereocenters. The monoisotopic (exact) mass is 237 g/mol. The molecule has 0 saturated heterocycles. The van der Waals surface area contributed by atoms with Crippen LogP contribution in [0.1, 0.15) is 18.9 Å². The van der Waals surface area contributed by atoms with Gasteiger partial charge in [0, 0.05) is 20.3 Å². The van der Waals surface area contributed by atoms with Crippen molar-refractivity contribution in [2.45, 2.75) is 26.0 Å². The van der Waals surface area contributed by atoms with E-state index < -0.39 is 0 Å². The highest BCUT2D eigenvalue weighted by Gasteiger charge is 1.98. The SMILES string of the molecule is COC(C)COCCCNCc1ccccc1. The maximum Gasteiger partial charge on any atom is 0.0776 e. The summed E-state index contributed by atoms with van der Waals surface area (Å²) < 4.78 is 10.6. The zero-order valence-electron chi connectivity index (χ0n) is 10.8. The molecule has 3 heteroatoms. The van der Waals surface area contributed by atoms with Crippen LogP contribution < -0.4 is 5.32 Å². The molecule has 1 rings (SSSR count). The van der Waals surface area contributed by atoms with E-state index >= 15 is 0 Å². The van der Waals surface area contributed by atoms with Crippen molar-refractivity contribution >= 4 is 0 Å². The third kappa shape index (κ3) is 7.10. The van der Waals surface area contributed by atoms with Crippen molar-refractivity contribution < 1.29 is 9.47 Å². The fourth-order valence-corrected chi connectivity index (χ4v) is 1.45. The Morgan fingerprint density at radius 1 is 1.24 bits per heavy atom. The van der Waals surface area contributed by atoms with Gasteiger partial charge in [-0.25, -0.2) is 0 Å². The maximum atomic E-state index is 5.47. The van der Waals surface area contributed by atoms with Crippen LogP contribution in [0, 0.1) is 0 Å². The molecular weight excluding hydrogens is 214 g/mol. The minimum Gasteiger partial charge on any atom is -0.379 e. The first kappa shape index (κ1) is 14.2. The van der Waals surface area contributed by atoms with E-state index in [1.54, 1.807) is 7.11 Å². The van der Waals surface area contributed by atoms with Gasteiger partial charge in [-0.15, -0.1) is 0 Å². The van der Waals surface area contributed by atoms with Gasteiger partial charge in [-0.05, 0) is 25.5 Å². The molecule has 0 fully saturated rings. The summed E-state index contributed by atoms with van der Waals surface area (Å²) in [5.41, 5.74) is 1.32. The van der Waals surface area contributed by atoms with Crippen LogP contribution in [0.2, 0.25) is 0 Å². The lowest BCUT2D eigenvalue weighted by Crippen LogP contribution is -2.18. The summed E-state index contributed by atoms with van der Waals surface area (Å²) in [6, 6.07) is 10.4. The Balaban J connectivity index is 1.91. The average molecular weight is 237 g/mol. The van der Waals surface area contributed by atoms with E-state index in [1.165, 1.54) is 5.56 Å². The molecule has 0 heterocycles. The zero-order chi connectivity index (χ0) is 12.3. The topological polar surface area (TPSA) is 30.5 Å². The zero-order valence-corrected chi connectivity index (χ0v) is 10.8. The second-order valence-electron chi connectivity index (χ2n) is 4.14. The van der Waals surface area contributed by atoms with E-state index in [1.807, 2.05) is 13.0 Å². The fraction of sp³-hybridized carbons (Fsp3) is 0.571. The summed E-state index contributed by atoms with van der Waals surface area (Å²) in [6.07, 6.45) is 1.22. The van der Waals surface area contributed by atoms with Crippen molar-refractivity contribution in [2.75, 3.05) is 26.9 Å². The van der Waals surface area contributed by atoms with E-state index in [-0.39, 0.29) is 6.10 Å². The van der Waals surface area contributed by atoms with Crippen molar-refractivity contribution in [2.24, 2.45) is 0 Å². The molecule has 0 aromatic heterocycles. The van der Waals surface area contributed by atoms with E-state index in [0.29, 0.717) is 6.61 Å². The number of hydrogen-bond donors (Lipinski definition) is 1. The Hall–Kier alpha value is -0.900. The molecule has 0 saturated carbocycles. The molecule has 17 heavy (non-hydrogen) atoms. The molecule has 0 aliphatic carbocycles. The van der Waals surface area contributed by atoms with Crippen LogP contribution in [0.15, 0.2) is 30.3 Å². The average Bonchev–Trinajstić information content (AvgIpc) is 2.38. The number of hydrogen-bond acceptors (Lipinski definition) is 3. The maximum absolute atomic E-state index is 5.47. The molecule has 0 bridgehead atoms. The van der Waals surface area contributed by atoms with Crippen LogP contribution in [0.25, 0.3) is 0 Å². The molecule has 1 aromatic carbocycles. The third-order valence-corrected chi connectivity index (χ3v) is 2.57. The summed E-state index contributed by atoms with van der Waals surface area (Å²) in [5.74, 6) is 0. The highest BCUT2D eigenvalue weighted by Crippen LogP contribution is 1.97. The summed E-state index contributed by atoms with van der Waals surface area (Å²) in [7, 11) is 1.70. The molecule has 0 aliphatic rings. The number of ether oxygens (including phenoxy) is 2. The first-order chi connectivity index (χ1) is 8.33. The predicted octanol–water partition coefficient (Wildman–Crippen LogP) is 2.22. The second-order valence-corrected chi connectivity index (χ2v) is 4.14. The largest absolute Gasteiger partial charge is 0.379 e. The molecule has 1 atom stereocenters. The van der Waals surface area contributed by atoms with E-state index in [0.717, 1.165) is 26.1 Å². The number of nitrogens with one attached hydrogen (secondary N) is 1. The molecule has 0 amide bonds. The predicted molar refractivity (Wildman–Crippen MR) is 70.1 cm³/mol. The Labute approximate surface area is 104 Å². The Morgan fingerprint density at radius 2 is 2.00 bits per heavy atom. The molecular formula is C14H23NO2. The summed E-state index contributed by atoms with van der Waals surface area (Å²) in [5, 5.41) is 3.39. The number of rotatable bonds is 9. The van der Waals surface area contributed by atoms with Crippen molar-refractivity contribution in [1.29, 1.82) is 0 Å². The van der Waals surface area contributed by atoms with E-state index in [4.69, 9.17) is 9.47 Å². The fourth-order valence-electron chi connectivity index (χ4n) is 1.45. The van der Waals surface area contributed by atoms with Gasteiger partial charge in [0.1, 0.15) is 0 Å². The molecule has 96 valence electrons. The normalized spacial score (nSPS) is 12.6. The van der Waals surface area contributed by atoms with Crippen LogP contribution in [-0.2, 0) is 16.0 Å². The Bertz CT molecular complexity index is 277. The van der Waals surface area contributed by atoms with E-state index in [2.05, 4.69) is 29.6 Å². The first-order valence-corrected chi connectivity index (χ1v) is 6.18. The van der Waals surface area contributed by atoms with Gasteiger partial charge in [0.05, 0.1) is 12.7 Å². The quantitative estimate of drug-likeness (QED) is 0.668. The van der Waals surface area contributed by atoms with Crippen LogP contribution in [0.4, 0.5) is 0 Å². The Kier molecular flexibility index (Phi) is 7.63. The summed E-state index contributed by atoms with van der Waals surface area (Å²) in [4.78, 5) is 0. The van der Waals surface area contributed by atoms with Gasteiger partial charge in [0.2, 0.25) is 0 Å². The van der Waals surface area contributed by atoms with Crippen molar-refractivity contribution in [3.8, 4) is 0 Å². The molecule has 1 N–H and O–H groups in total. The highest BCUT2D eigenvalue weighted by atomic mass is 16.5. The molecule has 0 aliphatic heterocycles. The van der Waals surface area contributed by atoms with Crippen molar-refractivity contribution in [3.63, 3.8) is 0 Å². The van der Waals surface area contributed by atoms with Crippen molar-refractivity contribution in [1.82, 2.24) is 5.32 Å². The molecule has 0 spiro atoms. The third-order valence-electron chi connectivity index (χ3n) is 2.57. The lowest BCUT2D eigenvalue weighted by molar-refractivity contribution is 0.0179. The van der Waals surface area contributed by atoms with Gasteiger partial charge < -0.3 is 14.8 Å². The van der Waals surface area contributed by atoms with Gasteiger partial charge in [-0.1, -0.05) is 30.3 Å². The molecule has 0 radical (unpaired) electrons. The molecule has 1 aromatic rings. The standard InChI is InChI=1S/C14H23NO2/c1-13(16-2)12-17-10-6-9-15-11-14-7-4-3-5-8-14/h3-5,7-8,13,15H,6,9-12H2,1-2H3. The summed E-state index contributed by atoms with van der Waals surface area (Å²) in [6.45, 7) is 5.38. The van der Waals surface area contributed by atoms with Gasteiger partial charge in [0.15, 0.2) is 0 Å². The smallest absolute Gasteiger partial charge is 0.0776 e. The van der Waals surface area contributed by atoms with Crippen LogP contribution in [-0.4, -0.2) is 33.0 Å². The molecule has 3 nitrogen and oxygen atoms in total. The van der Waals surface area contributed by atoms with Crippen molar-refractivity contribution in [3.05, 3.63) is 35.9 Å². The van der Waals surface area contributed by atoms with E-state index in [9.17, 15) is 0 Å². The highest BCUT2D eigenvalue weighted by molar-refractivity contribution is 5.14. The number of benzene rings is 1. The lowest BCUT2D eigenvalue weighted by atomic mass is 10.2. The second kappa shape index (κ2) is 9.16. The van der Waals surface area contributed by atoms with Gasteiger partial charge >= 0.3 is 0 Å². The van der Waals surface area contributed by atoms with Crippen LogP contribution in [0.3, 0.4) is 0 Å². The lowest BCUT2D eigenvalue weighted by Gasteiger charge is -2.10. The van der Waals surface area contributed by atoms with Crippen LogP contribution in [0.5, 0.6) is 0 Å².